The Morgan fingerprint density at radius 1 is 0.530 bits per heavy atom. The number of pyridine rings is 1. The first-order valence-corrected chi connectivity index (χ1v) is 28.7. The highest BCUT2D eigenvalue weighted by molar-refractivity contribution is 9.10. The number of carbonyl (C=O) groups is 11. The number of rotatable bonds is 37. The Morgan fingerprint density at radius 2 is 0.988 bits per heavy atom. The predicted molar refractivity (Wildman–Crippen MR) is 305 cm³/mol. The molecule has 0 aliphatic carbocycles. The maximum Gasteiger partial charge on any atom is 0.326 e. The number of nitrogens with zero attached hydrogens (tertiary/aromatic N) is 6. The van der Waals surface area contributed by atoms with Gasteiger partial charge in [0, 0.05) is 116 Å². The fourth-order valence-corrected chi connectivity index (χ4v) is 9.08. The second-order valence-electron chi connectivity index (χ2n) is 20.4. The van der Waals surface area contributed by atoms with Crippen LogP contribution in [-0.2, 0) is 56.2 Å². The minimum Gasteiger partial charge on any atom is -0.480 e. The summed E-state index contributed by atoms with van der Waals surface area (Å²) in [5.41, 5.74) is 1.88. The van der Waals surface area contributed by atoms with Crippen LogP contribution in [0.15, 0.2) is 47.2 Å². The van der Waals surface area contributed by atoms with E-state index < -0.39 is 48.0 Å². The molecule has 83 heavy (non-hydrogen) atoms. The number of hydrogen-bond acceptors (Lipinski definition) is 16. The molecule has 10 N–H and O–H groups in total. The summed E-state index contributed by atoms with van der Waals surface area (Å²) in [5, 5.41) is 60.6. The number of amides is 6. The number of benzene rings is 1. The summed E-state index contributed by atoms with van der Waals surface area (Å²) < 4.78 is 0.610. The molecule has 1 aromatic carbocycles. The molecule has 2 heterocycles. The van der Waals surface area contributed by atoms with Gasteiger partial charge < -0.3 is 61.8 Å². The number of nitrogens with one attached hydrogen (secondary N) is 5. The second kappa shape index (κ2) is 39.4. The maximum absolute atomic E-state index is 13.8. The summed E-state index contributed by atoms with van der Waals surface area (Å²) in [7, 11) is 0. The van der Waals surface area contributed by atoms with Crippen LogP contribution in [0.4, 0.5) is 4.79 Å². The first kappa shape index (κ1) is 70.1. The highest BCUT2D eigenvalue weighted by Gasteiger charge is 2.26. The molecule has 0 radical (unpaired) electrons. The zero-order chi connectivity index (χ0) is 61.1. The van der Waals surface area contributed by atoms with Crippen LogP contribution in [0.1, 0.15) is 112 Å². The molecule has 2 aromatic rings. The molecule has 6 amide bonds. The normalized spacial score (nSPS) is 14.6. The van der Waals surface area contributed by atoms with Crippen LogP contribution in [0.3, 0.4) is 0 Å². The molecular weight excluding hydrogens is 1150 g/mol. The van der Waals surface area contributed by atoms with E-state index >= 15 is 0 Å². The van der Waals surface area contributed by atoms with E-state index in [2.05, 4.69) is 47.5 Å². The molecule has 0 saturated carbocycles. The summed E-state index contributed by atoms with van der Waals surface area (Å²) >= 11 is 3.31. The number of carboxylic acids is 5. The van der Waals surface area contributed by atoms with Crippen LogP contribution < -0.4 is 26.6 Å². The third-order valence-corrected chi connectivity index (χ3v) is 14.0. The average Bonchev–Trinajstić information content (AvgIpc) is 3.42. The van der Waals surface area contributed by atoms with Gasteiger partial charge in [-0.25, -0.2) is 19.4 Å². The van der Waals surface area contributed by atoms with Gasteiger partial charge in [0.25, 0.3) is 5.91 Å². The second-order valence-corrected chi connectivity index (χ2v) is 21.2. The van der Waals surface area contributed by atoms with Crippen molar-refractivity contribution in [3.8, 4) is 0 Å². The van der Waals surface area contributed by atoms with Gasteiger partial charge in [0.05, 0.1) is 26.2 Å². The van der Waals surface area contributed by atoms with Gasteiger partial charge in [-0.2, -0.15) is 0 Å². The largest absolute Gasteiger partial charge is 0.480 e. The van der Waals surface area contributed by atoms with Crippen molar-refractivity contribution in [2.24, 2.45) is 0 Å². The van der Waals surface area contributed by atoms with Gasteiger partial charge in [-0.1, -0.05) is 31.0 Å². The summed E-state index contributed by atoms with van der Waals surface area (Å²) in [6.45, 7) is 4.45. The summed E-state index contributed by atoms with van der Waals surface area (Å²) in [4.78, 5) is 147. The van der Waals surface area contributed by atoms with E-state index in [0.29, 0.717) is 88.0 Å². The lowest BCUT2D eigenvalue weighted by molar-refractivity contribution is -0.140. The predicted octanol–water partition coefficient (Wildman–Crippen LogP) is 1.68. The van der Waals surface area contributed by atoms with Gasteiger partial charge in [-0.15, -0.1) is 0 Å². The fourth-order valence-electron chi connectivity index (χ4n) is 8.84. The van der Waals surface area contributed by atoms with Crippen LogP contribution in [0, 0.1) is 0 Å². The molecule has 27 nitrogen and oxygen atoms in total. The van der Waals surface area contributed by atoms with Crippen molar-refractivity contribution < 1.29 is 78.3 Å². The van der Waals surface area contributed by atoms with Crippen molar-refractivity contribution in [1.82, 2.24) is 56.1 Å². The lowest BCUT2D eigenvalue weighted by atomic mass is 10.1. The molecule has 1 aliphatic rings. The van der Waals surface area contributed by atoms with E-state index in [1.165, 1.54) is 6.92 Å². The summed E-state index contributed by atoms with van der Waals surface area (Å²) in [6.07, 6.45) is 6.66. The van der Waals surface area contributed by atoms with E-state index in [-0.39, 0.29) is 134 Å². The molecule has 3 rings (SSSR count). The third-order valence-electron chi connectivity index (χ3n) is 13.5. The van der Waals surface area contributed by atoms with E-state index in [1.54, 1.807) is 56.1 Å². The average molecular weight is 1230 g/mol. The number of ketones is 1. The van der Waals surface area contributed by atoms with Crippen LogP contribution in [0.2, 0.25) is 0 Å². The highest BCUT2D eigenvalue weighted by Crippen LogP contribution is 2.16. The first-order valence-electron chi connectivity index (χ1n) is 27.9. The Kier molecular flexibility index (Phi) is 33.3. The van der Waals surface area contributed by atoms with Crippen LogP contribution in [0.25, 0.3) is 0 Å². The van der Waals surface area contributed by atoms with Crippen molar-refractivity contribution in [3.05, 3.63) is 63.9 Å². The van der Waals surface area contributed by atoms with Crippen molar-refractivity contribution in [1.29, 1.82) is 0 Å². The van der Waals surface area contributed by atoms with E-state index in [9.17, 15) is 78.3 Å². The standard InChI is InChI=1S/C55H82BrN11O16/c1-39(68)13-19-44(54(81)82)62-55(83)61-43(53(79)80)10-6-9-23-67(34-41-16-20-45(56)59-33-41)52(78)42-17-14-40(15-18-42)32-60-47(70)12-5-8-22-57-46(69)11-4-2-3-7-21-58-48(71)35-63-24-26-64(36-49(72)73)28-30-66(38-51(76)77)31-29-65(27-25-63)37-50(74)75/h14-18,20,33,43-44H,2-13,19,21-32,34-38H2,1H3,(H,57,69)(H,58,71)(H,60,70)(H,72,73)(H,74,75)(H,76,77)(H,79,80)(H,81,82)(H2,61,62,83)/t43-,44-/m1/s1. The fraction of sp³-hybridized carbons (Fsp3) is 0.600. The summed E-state index contributed by atoms with van der Waals surface area (Å²) in [6, 6.07) is 6.60. The molecule has 2 atom stereocenters. The number of aliphatic carboxylic acids is 5. The zero-order valence-electron chi connectivity index (χ0n) is 47.2. The monoisotopic (exact) mass is 1230 g/mol. The minimum atomic E-state index is -1.38. The number of aromatic nitrogens is 1. The number of hydrogen-bond donors (Lipinski definition) is 10. The Balaban J connectivity index is 1.34. The van der Waals surface area contributed by atoms with Gasteiger partial charge in [0.15, 0.2) is 0 Å². The molecule has 28 heteroatoms. The zero-order valence-corrected chi connectivity index (χ0v) is 48.8. The van der Waals surface area contributed by atoms with Crippen LogP contribution in [-0.4, -0.2) is 231 Å². The van der Waals surface area contributed by atoms with Gasteiger partial charge in [-0.3, -0.25) is 53.2 Å². The van der Waals surface area contributed by atoms with Gasteiger partial charge >= 0.3 is 35.9 Å². The SMILES string of the molecule is CC(=O)CC[C@@H](NC(=O)N[C@H](CCCCN(Cc1ccc(Br)nc1)C(=O)c1ccc(CNC(=O)CCCCNC(=O)CCCCCCNC(=O)CN2CCN(CC(=O)O)CCN(CC(=O)O)CCN(CC(=O)O)CC2)cc1)C(=O)O)C(=O)O. The third kappa shape index (κ3) is 31.8. The smallest absolute Gasteiger partial charge is 0.326 e. The topological polar surface area (TPSA) is 378 Å². The summed E-state index contributed by atoms with van der Waals surface area (Å²) in [5.74, 6) is -6.84. The Morgan fingerprint density at radius 3 is 1.48 bits per heavy atom. The number of carboxylic acid groups (broad SMARTS) is 5. The van der Waals surface area contributed by atoms with E-state index in [1.807, 2.05) is 11.0 Å². The molecule has 1 fully saturated rings. The Bertz CT molecular complexity index is 2410. The van der Waals surface area contributed by atoms with Crippen molar-refractivity contribution in [3.63, 3.8) is 0 Å². The lowest BCUT2D eigenvalue weighted by Gasteiger charge is -2.32. The molecule has 0 spiro atoms. The van der Waals surface area contributed by atoms with Crippen molar-refractivity contribution in [2.45, 2.75) is 116 Å². The molecule has 0 unspecified atom stereocenters. The number of Topliss-reactive ketones (excluding diaryl/α,β-unsaturated/α-hetero) is 1. The van der Waals surface area contributed by atoms with Crippen molar-refractivity contribution in [2.75, 3.05) is 98.2 Å². The van der Waals surface area contributed by atoms with Crippen LogP contribution in [0.5, 0.6) is 0 Å². The molecule has 1 saturated heterocycles. The molecule has 1 aliphatic heterocycles. The number of urea groups is 1. The molecule has 1 aromatic heterocycles. The maximum atomic E-state index is 13.8. The van der Waals surface area contributed by atoms with Crippen LogP contribution >= 0.6 is 15.9 Å². The van der Waals surface area contributed by atoms with E-state index in [0.717, 1.165) is 24.0 Å². The quantitative estimate of drug-likeness (QED) is 0.0340. The Labute approximate surface area is 491 Å². The first-order chi connectivity index (χ1) is 39.6. The minimum absolute atomic E-state index is 0.0137. The van der Waals surface area contributed by atoms with Gasteiger partial charge in [0.2, 0.25) is 17.7 Å². The highest BCUT2D eigenvalue weighted by atomic mass is 79.9. The van der Waals surface area contributed by atoms with Gasteiger partial charge in [0.1, 0.15) is 22.5 Å². The van der Waals surface area contributed by atoms with Crippen molar-refractivity contribution >= 4 is 81.2 Å². The molecular formula is C55H82BrN11O16. The number of unbranched alkanes of at least 4 members (excludes halogenated alkanes) is 5. The Hall–Kier alpha value is -7.14. The molecule has 460 valence electrons. The number of halogens is 1. The number of carbonyl (C=O) groups excluding carboxylic acids is 6. The molecule has 0 bridgehead atoms. The van der Waals surface area contributed by atoms with Gasteiger partial charge in [-0.05, 0) is 104 Å². The lowest BCUT2D eigenvalue weighted by Crippen LogP contribution is -2.51. The van der Waals surface area contributed by atoms with E-state index in [4.69, 9.17) is 0 Å².